The Morgan fingerprint density at radius 3 is 0.541 bits per heavy atom. The second-order valence-corrected chi connectivity index (χ2v) is 25.7. The molecule has 8 rings (SSSR count). The highest BCUT2D eigenvalue weighted by molar-refractivity contribution is 6.02. The average Bonchev–Trinajstić information content (AvgIpc) is 0.916. The molecule has 0 saturated heterocycles. The molecule has 0 atom stereocenters. The van der Waals surface area contributed by atoms with Gasteiger partial charge in [-0.3, -0.25) is 9.59 Å². The molecule has 0 aliphatic rings. The van der Waals surface area contributed by atoms with Crippen LogP contribution in [0.4, 0.5) is 0 Å². The highest BCUT2D eigenvalue weighted by Crippen LogP contribution is 2.26. The minimum Gasteiger partial charge on any atom is -0.478 e. The number of hydrogen-bond acceptors (Lipinski definition) is 41. The summed E-state index contributed by atoms with van der Waals surface area (Å²) in [6.45, 7) is -3.56. The number of carbonyl (C=O) groups excluding carboxylic acids is 16. The predicted molar refractivity (Wildman–Crippen MR) is 447 cm³/mol. The van der Waals surface area contributed by atoms with Crippen molar-refractivity contribution in [3.8, 4) is 46.0 Å². The van der Waals surface area contributed by atoms with Gasteiger partial charge in [-0.15, -0.1) is 0 Å². The van der Waals surface area contributed by atoms with E-state index in [9.17, 15) is 95.9 Å². The van der Waals surface area contributed by atoms with E-state index < -0.39 is 174 Å². The van der Waals surface area contributed by atoms with Gasteiger partial charge in [-0.25, -0.2) is 86.3 Å². The Bertz CT molecular complexity index is 5350. The van der Waals surface area contributed by atoms with E-state index in [1.165, 1.54) is 198 Å². The van der Waals surface area contributed by atoms with Crippen LogP contribution < -0.4 is 37.9 Å². The van der Waals surface area contributed by atoms with Crippen LogP contribution in [-0.4, -0.2) is 273 Å². The van der Waals surface area contributed by atoms with Gasteiger partial charge in [0.25, 0.3) is 0 Å². The minimum absolute atomic E-state index is 0.00543. The summed E-state index contributed by atoms with van der Waals surface area (Å²) in [6.07, 6.45) is 0. The molecular weight excluding hydrogens is 1800 g/mol. The number of ether oxygens (including phenoxy) is 21. The van der Waals surface area contributed by atoms with Crippen LogP contribution in [0.15, 0.2) is 194 Å². The fourth-order valence-corrected chi connectivity index (χ4v) is 9.70. The molecule has 8 aromatic carbocycles. The van der Waals surface area contributed by atoms with Crippen LogP contribution >= 0.6 is 0 Å². The van der Waals surface area contributed by atoms with Gasteiger partial charge in [-0.2, -0.15) is 0 Å². The zero-order valence-electron chi connectivity index (χ0n) is 71.7. The largest absolute Gasteiger partial charge is 0.478 e. The molecule has 0 amide bonds. The van der Waals surface area contributed by atoms with Crippen molar-refractivity contribution >= 4 is 119 Å². The van der Waals surface area contributed by atoms with Crippen molar-refractivity contribution in [2.45, 2.75) is 13.8 Å². The first-order chi connectivity index (χ1) is 64.7. The number of ketones is 2. The van der Waals surface area contributed by atoms with Crippen LogP contribution in [0, 0.1) is 0 Å². The number of esters is 14. The van der Waals surface area contributed by atoms with Crippen LogP contribution in [0.1, 0.15) is 96.7 Å². The molecule has 45 heteroatoms. The second kappa shape index (κ2) is 60.5. The predicted octanol–water partition coefficient (Wildman–Crippen LogP) is 5.85. The van der Waals surface area contributed by atoms with Gasteiger partial charge in [0.15, 0.2) is 11.6 Å². The molecule has 45 nitrogen and oxygen atoms in total. The van der Waals surface area contributed by atoms with E-state index in [1.54, 1.807) is 24.3 Å². The average molecular weight is 1890 g/mol. The number of hydrogen-bond donors (Lipinski definition) is 4. The summed E-state index contributed by atoms with van der Waals surface area (Å²) in [7, 11) is 2.38. The lowest BCUT2D eigenvalue weighted by molar-refractivity contribution is -0.147. The summed E-state index contributed by atoms with van der Waals surface area (Å²) < 4.78 is 104. The SMILES string of the molecule is COC(=O)c1ccccc1OC(=O)COCC(=O)Oc1ccccc1C(=O)OC(=O)COCC(C)=O.COC(=O)c1ccccc1OC(=O)COCCOCC(=O)Oc1ccccc1C(=O)OC(=O)COCCOCC(C)=O.O=C(COCC(=O)Oc1ccccc1C(=O)O)Oc1ccccc1C(=O)O.O=C(COCCOCC(=O)Oc1ccccc1C(=O)O)Oc1ccccc1C(=O)O. The van der Waals surface area contributed by atoms with Gasteiger partial charge in [0.2, 0.25) is 0 Å². The number of benzene rings is 8. The maximum atomic E-state index is 12.4. The molecule has 0 aliphatic heterocycles. The molecule has 4 N–H and O–H groups in total. The number of carboxylic acid groups (broad SMARTS) is 4. The molecule has 0 heterocycles. The molecule has 0 saturated carbocycles. The maximum absolute atomic E-state index is 12.4. The Morgan fingerprint density at radius 2 is 0.341 bits per heavy atom. The Kier molecular flexibility index (Phi) is 48.9. The summed E-state index contributed by atoms with van der Waals surface area (Å²) in [5.74, 6) is -18.8. The fourth-order valence-electron chi connectivity index (χ4n) is 9.70. The van der Waals surface area contributed by atoms with Gasteiger partial charge in [0.1, 0.15) is 170 Å². The van der Waals surface area contributed by atoms with E-state index in [1.807, 2.05) is 0 Å². The number of para-hydroxylation sites is 8. The third-order valence-electron chi connectivity index (χ3n) is 15.4. The third kappa shape index (κ3) is 42.4. The lowest BCUT2D eigenvalue weighted by Gasteiger charge is -2.10. The van der Waals surface area contributed by atoms with E-state index in [0.29, 0.717) is 0 Å². The van der Waals surface area contributed by atoms with Crippen molar-refractivity contribution in [2.24, 2.45) is 0 Å². The molecule has 0 radical (unpaired) electrons. The fraction of sp³-hybridized carbons (Fsp3) is 0.244. The first-order valence-electron chi connectivity index (χ1n) is 38.8. The molecule has 0 aliphatic carbocycles. The number of aromatic carboxylic acids is 4. The molecule has 0 fully saturated rings. The van der Waals surface area contributed by atoms with Crippen LogP contribution in [0.2, 0.25) is 0 Å². The number of carboxylic acids is 4. The molecule has 0 unspecified atom stereocenters. The van der Waals surface area contributed by atoms with Gasteiger partial charge >= 0.3 is 107 Å². The second-order valence-electron chi connectivity index (χ2n) is 25.7. The molecule has 0 bridgehead atoms. The first kappa shape index (κ1) is 109. The summed E-state index contributed by atoms with van der Waals surface area (Å²) in [5, 5.41) is 36.1. The van der Waals surface area contributed by atoms with E-state index in [2.05, 4.69) is 14.2 Å². The monoisotopic (exact) mass is 1880 g/mol. The van der Waals surface area contributed by atoms with E-state index in [-0.39, 0.29) is 155 Å². The lowest BCUT2D eigenvalue weighted by atomic mass is 10.2. The molecule has 0 spiro atoms. The number of rotatable bonds is 49. The quantitative estimate of drug-likeness (QED) is 0.0114. The van der Waals surface area contributed by atoms with Crippen molar-refractivity contribution in [1.29, 1.82) is 0 Å². The molecule has 8 aromatic rings. The van der Waals surface area contributed by atoms with Crippen molar-refractivity contribution in [3.05, 3.63) is 239 Å². The zero-order valence-corrected chi connectivity index (χ0v) is 71.7. The topological polar surface area (TPSA) is 616 Å². The summed E-state index contributed by atoms with van der Waals surface area (Å²) in [4.78, 5) is 232. The Morgan fingerprint density at radius 1 is 0.193 bits per heavy atom. The zero-order chi connectivity index (χ0) is 99.0. The van der Waals surface area contributed by atoms with Crippen LogP contribution in [0.3, 0.4) is 0 Å². The first-order valence-corrected chi connectivity index (χ1v) is 38.8. The van der Waals surface area contributed by atoms with Crippen molar-refractivity contribution in [3.63, 3.8) is 0 Å². The number of methoxy groups -OCH3 is 2. The van der Waals surface area contributed by atoms with Crippen molar-refractivity contribution < 1.29 is 216 Å². The summed E-state index contributed by atoms with van der Waals surface area (Å²) in [6, 6.07) is 45.4. The normalized spacial score (nSPS) is 10.3. The Hall–Kier alpha value is -16.4. The highest BCUT2D eigenvalue weighted by Gasteiger charge is 2.26. The third-order valence-corrected chi connectivity index (χ3v) is 15.4. The molecule has 714 valence electrons. The summed E-state index contributed by atoms with van der Waals surface area (Å²) >= 11 is 0. The lowest BCUT2D eigenvalue weighted by Crippen LogP contribution is -2.23. The smallest absolute Gasteiger partial charge is 0.349 e. The Balaban J connectivity index is 0.000000322. The van der Waals surface area contributed by atoms with Gasteiger partial charge < -0.3 is 120 Å². The molecule has 135 heavy (non-hydrogen) atoms. The minimum atomic E-state index is -1.26. The molecule has 0 aromatic heterocycles. The number of Topliss-reactive ketones (excluding diaryl/α,β-unsaturated/α-hetero) is 2. The van der Waals surface area contributed by atoms with Crippen LogP contribution in [0.5, 0.6) is 46.0 Å². The van der Waals surface area contributed by atoms with Crippen molar-refractivity contribution in [2.75, 3.05) is 133 Å². The van der Waals surface area contributed by atoms with E-state index in [4.69, 9.17) is 106 Å². The van der Waals surface area contributed by atoms with Gasteiger partial charge in [0, 0.05) is 0 Å². The highest BCUT2D eigenvalue weighted by atomic mass is 16.6. The van der Waals surface area contributed by atoms with E-state index >= 15 is 0 Å². The van der Waals surface area contributed by atoms with Gasteiger partial charge in [-0.05, 0) is 111 Å². The number of carbonyl (C=O) groups is 20. The van der Waals surface area contributed by atoms with Crippen molar-refractivity contribution in [1.82, 2.24) is 0 Å². The standard InChI is InChI=1S/C28H30O14.C24H22O12.C20H18O10.C18H14O9/c1-19(29)15-36-11-12-39-18-26(32)42-28(34)21-8-4-6-10-23(21)41-25(31)17-38-14-13-37-16-24(30)40-22-9-5-3-7-20(22)27(33)35-2;1-15(25)11-32-14-22(28)36-24(30)17-8-4-6-10-19(17)35-21(27)13-33-12-20(26)34-18-9-5-3-7-16(18)23(29)31-2;21-17(29-15-7-3-1-5-13(15)19(23)24)11-27-9-10-28-12-18(22)30-16-8-4-2-6-14(16)20(25)26;19-15(26-13-7-3-1-5-11(13)17(21)22)9-25-10-16(20)27-14-8-4-2-6-12(14)18(23)24/h3-10H,11-18H2,1-2H3;3-10H,11-14H2,1-2H3;1-8H,9-12H2,(H,23,24)(H,25,26);1-8H,9-10H2,(H,21,22)(H,23,24). The summed E-state index contributed by atoms with van der Waals surface area (Å²) in [5.41, 5.74) is -1.01. The van der Waals surface area contributed by atoms with Gasteiger partial charge in [0.05, 0.1) is 53.9 Å². The van der Waals surface area contributed by atoms with E-state index in [0.717, 1.165) is 0 Å². The maximum Gasteiger partial charge on any atom is 0.349 e. The van der Waals surface area contributed by atoms with Gasteiger partial charge in [-0.1, -0.05) is 97.1 Å². The molecular formula is C90H84O45. The Labute approximate surface area is 763 Å². The van der Waals surface area contributed by atoms with Crippen LogP contribution in [-0.2, 0) is 119 Å². The van der Waals surface area contributed by atoms with Crippen LogP contribution in [0.25, 0.3) is 0 Å².